The molecule has 174 valence electrons. The van der Waals surface area contributed by atoms with Crippen LogP contribution in [0.15, 0.2) is 78.9 Å². The highest BCUT2D eigenvalue weighted by atomic mass is 32.2. The minimum Gasteiger partial charge on any atom is -0.497 e. The first-order valence-corrected chi connectivity index (χ1v) is 11.6. The molecule has 1 atom stereocenters. The molecule has 8 nitrogen and oxygen atoms in total. The van der Waals surface area contributed by atoms with Crippen LogP contribution in [0.3, 0.4) is 0 Å². The zero-order valence-electron chi connectivity index (χ0n) is 18.4. The Labute approximate surface area is 198 Å². The van der Waals surface area contributed by atoms with Gasteiger partial charge in [0.1, 0.15) is 5.75 Å². The highest BCUT2D eigenvalue weighted by molar-refractivity contribution is 7.73. The van der Waals surface area contributed by atoms with Crippen LogP contribution in [-0.2, 0) is 15.1 Å². The van der Waals surface area contributed by atoms with Crippen molar-refractivity contribution in [2.24, 2.45) is 5.73 Å². The Bertz CT molecular complexity index is 1330. The quantitative estimate of drug-likeness (QED) is 0.564. The minimum atomic E-state index is -2.86. The molecule has 1 fully saturated rings. The Morgan fingerprint density at radius 1 is 0.882 bits per heavy atom. The van der Waals surface area contributed by atoms with Crippen molar-refractivity contribution in [3.8, 4) is 16.9 Å². The van der Waals surface area contributed by atoms with Crippen molar-refractivity contribution < 1.29 is 22.7 Å². The fraction of sp³-hybridized carbons (Fsp3) is 0.160. The highest BCUT2D eigenvalue weighted by Crippen LogP contribution is 2.26. The minimum absolute atomic E-state index is 0.0678. The molecule has 0 aromatic heterocycles. The SMILES string of the molecule is COc1ccc(N2CCN(C(=O)c3ccc(-c4ccccc4)cc3)C(=S(=O)=O)C2C(N)=O)cc1. The summed E-state index contributed by atoms with van der Waals surface area (Å²) in [6.45, 7) is 0.285. The van der Waals surface area contributed by atoms with E-state index in [0.29, 0.717) is 17.0 Å². The molecule has 34 heavy (non-hydrogen) atoms. The summed E-state index contributed by atoms with van der Waals surface area (Å²) in [6, 6.07) is 22.1. The molecule has 3 aromatic rings. The number of primary amides is 1. The van der Waals surface area contributed by atoms with Gasteiger partial charge in [-0.25, -0.2) is 0 Å². The van der Waals surface area contributed by atoms with Crippen molar-refractivity contribution in [1.82, 2.24) is 4.90 Å². The van der Waals surface area contributed by atoms with Crippen molar-refractivity contribution in [2.45, 2.75) is 6.04 Å². The predicted octanol–water partition coefficient (Wildman–Crippen LogP) is 2.19. The van der Waals surface area contributed by atoms with Gasteiger partial charge in [-0.05, 0) is 47.5 Å². The lowest BCUT2D eigenvalue weighted by Crippen LogP contribution is -2.63. The lowest BCUT2D eigenvalue weighted by atomic mass is 10.0. The summed E-state index contributed by atoms with van der Waals surface area (Å²) in [5.41, 5.74) is 8.45. The number of rotatable bonds is 5. The first kappa shape index (κ1) is 23.1. The van der Waals surface area contributed by atoms with Crippen LogP contribution in [0.1, 0.15) is 10.4 Å². The normalized spacial score (nSPS) is 15.7. The van der Waals surface area contributed by atoms with E-state index in [1.807, 2.05) is 30.3 Å². The van der Waals surface area contributed by atoms with Crippen LogP contribution < -0.4 is 15.4 Å². The van der Waals surface area contributed by atoms with E-state index in [2.05, 4.69) is 0 Å². The van der Waals surface area contributed by atoms with Gasteiger partial charge in [-0.15, -0.1) is 0 Å². The molecule has 2 N–H and O–H groups in total. The van der Waals surface area contributed by atoms with Crippen LogP contribution in [-0.4, -0.2) is 56.4 Å². The number of piperazine rings is 1. The first-order valence-electron chi connectivity index (χ1n) is 10.5. The summed E-state index contributed by atoms with van der Waals surface area (Å²) in [7, 11) is -1.32. The summed E-state index contributed by atoms with van der Waals surface area (Å²) in [6.07, 6.45) is 0. The molecule has 1 unspecified atom stereocenters. The zero-order valence-corrected chi connectivity index (χ0v) is 19.2. The Kier molecular flexibility index (Phi) is 6.65. The fourth-order valence-corrected chi connectivity index (χ4v) is 4.81. The van der Waals surface area contributed by atoms with Gasteiger partial charge in [0, 0.05) is 24.3 Å². The highest BCUT2D eigenvalue weighted by Gasteiger charge is 2.41. The van der Waals surface area contributed by atoms with Gasteiger partial charge in [0.15, 0.2) is 11.0 Å². The fourth-order valence-electron chi connectivity index (χ4n) is 4.03. The molecule has 1 aliphatic heterocycles. The molecule has 1 heterocycles. The number of nitrogens with two attached hydrogens (primary N) is 1. The van der Waals surface area contributed by atoms with Crippen LogP contribution in [0.4, 0.5) is 5.69 Å². The second kappa shape index (κ2) is 9.80. The summed E-state index contributed by atoms with van der Waals surface area (Å²) in [5, 5.41) is 0. The second-order valence-corrected chi connectivity index (χ2v) is 8.56. The number of anilines is 1. The van der Waals surface area contributed by atoms with Gasteiger partial charge >= 0.3 is 0 Å². The number of carbonyl (C=O) groups is 2. The first-order chi connectivity index (χ1) is 16.4. The van der Waals surface area contributed by atoms with Gasteiger partial charge < -0.3 is 15.4 Å². The van der Waals surface area contributed by atoms with Gasteiger partial charge in [-0.3, -0.25) is 14.5 Å². The summed E-state index contributed by atoms with van der Waals surface area (Å²) in [4.78, 5) is 28.0. The molecule has 0 bridgehead atoms. The Hall–Kier alpha value is -4.11. The number of hydrogen-bond acceptors (Lipinski definition) is 6. The number of benzene rings is 3. The largest absolute Gasteiger partial charge is 0.497 e. The number of methoxy groups -OCH3 is 1. The molecular weight excluding hydrogens is 454 g/mol. The Balaban J connectivity index is 1.65. The molecule has 0 saturated carbocycles. The van der Waals surface area contributed by atoms with Gasteiger partial charge in [0.2, 0.25) is 16.2 Å². The molecule has 2 amide bonds. The van der Waals surface area contributed by atoms with E-state index in [9.17, 15) is 18.0 Å². The van der Waals surface area contributed by atoms with E-state index >= 15 is 0 Å². The average molecular weight is 478 g/mol. The van der Waals surface area contributed by atoms with Gasteiger partial charge in [0.25, 0.3) is 5.91 Å². The molecule has 3 aromatic carbocycles. The molecule has 1 aliphatic rings. The predicted molar refractivity (Wildman–Crippen MR) is 130 cm³/mol. The Morgan fingerprint density at radius 3 is 2.06 bits per heavy atom. The van der Waals surface area contributed by atoms with Crippen molar-refractivity contribution >= 4 is 32.8 Å². The van der Waals surface area contributed by atoms with Crippen molar-refractivity contribution in [2.75, 3.05) is 25.1 Å². The lowest BCUT2D eigenvalue weighted by molar-refractivity contribution is -0.118. The smallest absolute Gasteiger partial charge is 0.258 e. The van der Waals surface area contributed by atoms with Crippen LogP contribution in [0.2, 0.25) is 0 Å². The molecule has 0 spiro atoms. The molecule has 9 heteroatoms. The van der Waals surface area contributed by atoms with E-state index in [1.54, 1.807) is 53.4 Å². The van der Waals surface area contributed by atoms with E-state index in [1.165, 1.54) is 7.11 Å². The topological polar surface area (TPSA) is 110 Å². The van der Waals surface area contributed by atoms with E-state index < -0.39 is 28.1 Å². The van der Waals surface area contributed by atoms with E-state index in [4.69, 9.17) is 10.5 Å². The maximum Gasteiger partial charge on any atom is 0.258 e. The number of hydrogen-bond donors (Lipinski definition) is 1. The molecule has 0 radical (unpaired) electrons. The third-order valence-corrected chi connectivity index (χ3v) is 6.49. The monoisotopic (exact) mass is 477 g/mol. The maximum absolute atomic E-state index is 13.3. The third-order valence-electron chi connectivity index (χ3n) is 5.70. The maximum atomic E-state index is 13.3. The molecule has 1 saturated heterocycles. The Morgan fingerprint density at radius 2 is 1.50 bits per heavy atom. The van der Waals surface area contributed by atoms with Crippen molar-refractivity contribution in [3.05, 3.63) is 84.4 Å². The number of nitrogens with zero attached hydrogens (tertiary/aromatic N) is 2. The molecular formula is C25H23N3O5S. The molecule has 0 aliphatic carbocycles. The van der Waals surface area contributed by atoms with Gasteiger partial charge in [-0.2, -0.15) is 8.42 Å². The lowest BCUT2D eigenvalue weighted by Gasteiger charge is -2.41. The van der Waals surface area contributed by atoms with Crippen molar-refractivity contribution in [3.63, 3.8) is 0 Å². The number of carbonyl (C=O) groups excluding carboxylic acids is 2. The third kappa shape index (κ3) is 4.51. The summed E-state index contributed by atoms with van der Waals surface area (Å²) in [5.74, 6) is -0.768. The van der Waals surface area contributed by atoms with Crippen LogP contribution in [0.25, 0.3) is 11.1 Å². The van der Waals surface area contributed by atoms with Gasteiger partial charge in [0.05, 0.1) is 7.11 Å². The number of ether oxygens (including phenoxy) is 1. The molecule has 4 rings (SSSR count). The van der Waals surface area contributed by atoms with Crippen LogP contribution >= 0.6 is 0 Å². The van der Waals surface area contributed by atoms with E-state index in [0.717, 1.165) is 16.0 Å². The summed E-state index contributed by atoms with van der Waals surface area (Å²) < 4.78 is 29.7. The average Bonchev–Trinajstić information content (AvgIpc) is 2.88. The van der Waals surface area contributed by atoms with Gasteiger partial charge in [-0.1, -0.05) is 42.5 Å². The standard InChI is InChI=1S/C25H23N3O5S/c1-33-21-13-11-20(12-14-21)27-15-16-28(25(34(31)32)22(27)23(26)29)24(30)19-9-7-18(8-10-19)17-5-3-2-4-6-17/h2-14,22H,15-16H2,1H3,(H2,26,29). The van der Waals surface area contributed by atoms with Crippen LogP contribution in [0, 0.1) is 0 Å². The second-order valence-electron chi connectivity index (χ2n) is 7.67. The van der Waals surface area contributed by atoms with Crippen LogP contribution in [0.5, 0.6) is 5.75 Å². The number of amides is 2. The summed E-state index contributed by atoms with van der Waals surface area (Å²) >= 11 is 0. The van der Waals surface area contributed by atoms with Crippen molar-refractivity contribution in [1.29, 1.82) is 0 Å². The van der Waals surface area contributed by atoms with E-state index in [-0.39, 0.29) is 18.1 Å². The zero-order chi connectivity index (χ0) is 24.2.